The first-order valence-corrected chi connectivity index (χ1v) is 13.5. The Morgan fingerprint density at radius 3 is 2.24 bits per heavy atom. The summed E-state index contributed by atoms with van der Waals surface area (Å²) in [5.41, 5.74) is 2.52. The molecule has 0 aromatic heterocycles. The number of hydrogen-bond acceptors (Lipinski definition) is 5. The molecule has 0 aliphatic heterocycles. The summed E-state index contributed by atoms with van der Waals surface area (Å²) in [5.74, 6) is 0.424. The number of anilines is 1. The molecule has 0 aliphatic carbocycles. The third kappa shape index (κ3) is 8.89. The lowest BCUT2D eigenvalue weighted by Crippen LogP contribution is -2.30. The van der Waals surface area contributed by atoms with E-state index in [4.69, 9.17) is 9.47 Å². The van der Waals surface area contributed by atoms with E-state index in [1.54, 1.807) is 26.4 Å². The first kappa shape index (κ1) is 30.9. The van der Waals surface area contributed by atoms with Crippen LogP contribution in [0.4, 0.5) is 5.69 Å². The topological polar surface area (TPSA) is 93.7 Å². The first-order chi connectivity index (χ1) is 18.0. The monoisotopic (exact) mass is 524 g/mol. The van der Waals surface area contributed by atoms with Crippen molar-refractivity contribution in [3.05, 3.63) is 53.1 Å². The molecular formula is C31H44N2O5. The molecule has 3 amide bonds. The van der Waals surface area contributed by atoms with Crippen LogP contribution in [0.1, 0.15) is 107 Å². The fraction of sp³-hybridized carbons (Fsp3) is 0.516. The fourth-order valence-corrected chi connectivity index (χ4v) is 4.52. The zero-order valence-electron chi connectivity index (χ0n) is 24.0. The average Bonchev–Trinajstić information content (AvgIpc) is 2.87. The SMILES string of the molecule is CCCCCC(CC(=O)Nc1cc(C(=O)NC(=O)CCC)ccc1C(C)(C)C)c1ccc(OC)cc1OC. The van der Waals surface area contributed by atoms with Crippen LogP contribution in [0.25, 0.3) is 0 Å². The zero-order chi connectivity index (χ0) is 28.3. The van der Waals surface area contributed by atoms with E-state index in [0.29, 0.717) is 29.2 Å². The number of methoxy groups -OCH3 is 2. The van der Waals surface area contributed by atoms with E-state index in [1.165, 1.54) is 0 Å². The lowest BCUT2D eigenvalue weighted by molar-refractivity contribution is -0.120. The predicted molar refractivity (Wildman–Crippen MR) is 152 cm³/mol. The summed E-state index contributed by atoms with van der Waals surface area (Å²) in [6.07, 6.45) is 5.21. The molecule has 0 saturated heterocycles. The Hall–Kier alpha value is -3.35. The van der Waals surface area contributed by atoms with Gasteiger partial charge in [0.15, 0.2) is 0 Å². The second kappa shape index (κ2) is 14.6. The molecule has 0 radical (unpaired) electrons. The van der Waals surface area contributed by atoms with Crippen molar-refractivity contribution in [1.82, 2.24) is 5.32 Å². The van der Waals surface area contributed by atoms with Crippen LogP contribution in [0.15, 0.2) is 36.4 Å². The van der Waals surface area contributed by atoms with Gasteiger partial charge in [0.25, 0.3) is 5.91 Å². The number of nitrogens with one attached hydrogen (secondary N) is 2. The molecule has 0 spiro atoms. The van der Waals surface area contributed by atoms with Gasteiger partial charge in [-0.15, -0.1) is 0 Å². The summed E-state index contributed by atoms with van der Waals surface area (Å²) in [6.45, 7) is 10.2. The number of carbonyl (C=O) groups is 3. The van der Waals surface area contributed by atoms with E-state index < -0.39 is 5.91 Å². The lowest BCUT2D eigenvalue weighted by atomic mass is 9.84. The molecule has 2 N–H and O–H groups in total. The average molecular weight is 525 g/mol. The number of benzene rings is 2. The molecule has 208 valence electrons. The minimum atomic E-state index is -0.472. The summed E-state index contributed by atoms with van der Waals surface area (Å²) in [7, 11) is 3.24. The minimum absolute atomic E-state index is 0.0429. The maximum atomic E-state index is 13.4. The third-order valence-corrected chi connectivity index (χ3v) is 6.56. The summed E-state index contributed by atoms with van der Waals surface area (Å²) in [4.78, 5) is 38.1. The highest BCUT2D eigenvalue weighted by molar-refractivity contribution is 6.05. The number of unbranched alkanes of at least 4 members (excludes halogenated alkanes) is 2. The van der Waals surface area contributed by atoms with Crippen molar-refractivity contribution in [3.63, 3.8) is 0 Å². The van der Waals surface area contributed by atoms with Crippen LogP contribution >= 0.6 is 0 Å². The summed E-state index contributed by atoms with van der Waals surface area (Å²) < 4.78 is 11.0. The Morgan fingerprint density at radius 1 is 0.895 bits per heavy atom. The van der Waals surface area contributed by atoms with Gasteiger partial charge in [0.2, 0.25) is 11.8 Å². The van der Waals surface area contributed by atoms with Crippen LogP contribution in [0.3, 0.4) is 0 Å². The van der Waals surface area contributed by atoms with E-state index in [0.717, 1.165) is 36.8 Å². The molecule has 0 bridgehead atoms. The van der Waals surface area contributed by atoms with Gasteiger partial charge in [-0.05, 0) is 53.5 Å². The molecular weight excluding hydrogens is 480 g/mol. The van der Waals surface area contributed by atoms with Crippen LogP contribution in [0, 0.1) is 0 Å². The van der Waals surface area contributed by atoms with Gasteiger partial charge in [-0.25, -0.2) is 0 Å². The molecule has 1 unspecified atom stereocenters. The van der Waals surface area contributed by atoms with E-state index in [9.17, 15) is 14.4 Å². The summed E-state index contributed by atoms with van der Waals surface area (Å²) in [6, 6.07) is 10.9. The molecule has 2 rings (SSSR count). The predicted octanol–water partition coefficient (Wildman–Crippen LogP) is 6.75. The van der Waals surface area contributed by atoms with E-state index in [-0.39, 0.29) is 36.0 Å². The highest BCUT2D eigenvalue weighted by Crippen LogP contribution is 2.36. The molecule has 7 heteroatoms. The first-order valence-electron chi connectivity index (χ1n) is 13.5. The van der Waals surface area contributed by atoms with Crippen molar-refractivity contribution in [2.75, 3.05) is 19.5 Å². The smallest absolute Gasteiger partial charge is 0.257 e. The van der Waals surface area contributed by atoms with Crippen molar-refractivity contribution in [2.24, 2.45) is 0 Å². The Kier molecular flexibility index (Phi) is 11.8. The number of hydrogen-bond donors (Lipinski definition) is 2. The summed E-state index contributed by atoms with van der Waals surface area (Å²) >= 11 is 0. The van der Waals surface area contributed by atoms with Crippen LogP contribution in [-0.2, 0) is 15.0 Å². The Bertz CT molecular complexity index is 1100. The van der Waals surface area contributed by atoms with Gasteiger partial charge in [-0.1, -0.05) is 66.0 Å². The molecule has 1 atom stereocenters. The lowest BCUT2D eigenvalue weighted by Gasteiger charge is -2.25. The van der Waals surface area contributed by atoms with E-state index in [1.807, 2.05) is 31.2 Å². The number of imide groups is 1. The zero-order valence-corrected chi connectivity index (χ0v) is 24.0. The Morgan fingerprint density at radius 2 is 1.63 bits per heavy atom. The van der Waals surface area contributed by atoms with Crippen molar-refractivity contribution >= 4 is 23.4 Å². The molecule has 0 saturated carbocycles. The van der Waals surface area contributed by atoms with Gasteiger partial charge in [-0.2, -0.15) is 0 Å². The normalized spacial score (nSPS) is 12.0. The standard InChI is InChI=1S/C31H44N2O5/c1-8-10-11-13-21(24-16-15-23(37-6)20-27(24)38-7)19-29(35)32-26-18-22(14-17-25(26)31(3,4)5)30(36)33-28(34)12-9-2/h14-18,20-21H,8-13,19H2,1-7H3,(H,32,35)(H,33,34,36). The van der Waals surface area contributed by atoms with E-state index in [2.05, 4.69) is 38.3 Å². The quantitative estimate of drug-likeness (QED) is 0.283. The molecule has 2 aromatic carbocycles. The van der Waals surface area contributed by atoms with Gasteiger partial charge < -0.3 is 14.8 Å². The number of rotatable bonds is 13. The fourth-order valence-electron chi connectivity index (χ4n) is 4.52. The van der Waals surface area contributed by atoms with Gasteiger partial charge in [0.1, 0.15) is 11.5 Å². The Balaban J connectivity index is 2.34. The maximum absolute atomic E-state index is 13.4. The largest absolute Gasteiger partial charge is 0.497 e. The van der Waals surface area contributed by atoms with Gasteiger partial charge in [0.05, 0.1) is 14.2 Å². The molecule has 2 aromatic rings. The molecule has 0 fully saturated rings. The number of amides is 3. The maximum Gasteiger partial charge on any atom is 0.257 e. The van der Waals surface area contributed by atoms with Crippen LogP contribution in [0.2, 0.25) is 0 Å². The van der Waals surface area contributed by atoms with Crippen LogP contribution in [0.5, 0.6) is 11.5 Å². The number of carbonyl (C=O) groups excluding carboxylic acids is 3. The van der Waals surface area contributed by atoms with E-state index >= 15 is 0 Å². The highest BCUT2D eigenvalue weighted by atomic mass is 16.5. The third-order valence-electron chi connectivity index (χ3n) is 6.56. The molecule has 0 aliphatic rings. The minimum Gasteiger partial charge on any atom is -0.497 e. The van der Waals surface area contributed by atoms with Crippen molar-refractivity contribution in [3.8, 4) is 11.5 Å². The van der Waals surface area contributed by atoms with Crippen molar-refractivity contribution in [1.29, 1.82) is 0 Å². The summed E-state index contributed by atoms with van der Waals surface area (Å²) in [5, 5.41) is 5.50. The van der Waals surface area contributed by atoms with Crippen molar-refractivity contribution in [2.45, 2.75) is 90.9 Å². The Labute approximate surface area is 227 Å². The number of ether oxygens (including phenoxy) is 2. The van der Waals surface area contributed by atoms with Crippen molar-refractivity contribution < 1.29 is 23.9 Å². The van der Waals surface area contributed by atoms with Crippen LogP contribution in [-0.4, -0.2) is 31.9 Å². The van der Waals surface area contributed by atoms with Crippen LogP contribution < -0.4 is 20.1 Å². The molecule has 38 heavy (non-hydrogen) atoms. The second-order valence-corrected chi connectivity index (χ2v) is 10.7. The molecule has 7 nitrogen and oxygen atoms in total. The van der Waals surface area contributed by atoms with Gasteiger partial charge in [-0.3, -0.25) is 19.7 Å². The highest BCUT2D eigenvalue weighted by Gasteiger charge is 2.24. The van der Waals surface area contributed by atoms with Gasteiger partial charge in [0, 0.05) is 30.2 Å². The van der Waals surface area contributed by atoms with Gasteiger partial charge >= 0.3 is 0 Å². The molecule has 0 heterocycles. The second-order valence-electron chi connectivity index (χ2n) is 10.7.